The minimum absolute atomic E-state index is 0.0297. The molecule has 7 rings (SSSR count). The highest BCUT2D eigenvalue weighted by molar-refractivity contribution is 6.24. The summed E-state index contributed by atoms with van der Waals surface area (Å²) in [5.74, 6) is -2.67. The zero-order valence-corrected chi connectivity index (χ0v) is 18.7. The van der Waals surface area contributed by atoms with Crippen molar-refractivity contribution in [3.05, 3.63) is 93.6 Å². The summed E-state index contributed by atoms with van der Waals surface area (Å²) in [7, 11) is 0. The molecule has 0 heterocycles. The fourth-order valence-electron chi connectivity index (χ4n) is 6.91. The molecule has 0 aliphatic heterocycles. The van der Waals surface area contributed by atoms with Gasteiger partial charge >= 0.3 is 0 Å². The lowest BCUT2D eigenvalue weighted by molar-refractivity contribution is 0.0883. The molecule has 0 saturated carbocycles. The maximum absolute atomic E-state index is 13.6. The molecular formula is C29H18O7. The number of aromatic hydroxyl groups is 4. The van der Waals surface area contributed by atoms with Crippen LogP contribution in [0.2, 0.25) is 0 Å². The van der Waals surface area contributed by atoms with E-state index in [1.807, 2.05) is 0 Å². The van der Waals surface area contributed by atoms with Crippen LogP contribution in [0.25, 0.3) is 11.1 Å². The number of fused-ring (bicyclic) bond motifs is 3. The molecule has 7 nitrogen and oxygen atoms in total. The summed E-state index contributed by atoms with van der Waals surface area (Å²) < 4.78 is 0. The number of carbonyl (C=O) groups is 3. The van der Waals surface area contributed by atoms with Crippen molar-refractivity contribution in [2.24, 2.45) is 5.92 Å². The van der Waals surface area contributed by atoms with Crippen LogP contribution in [0.4, 0.5) is 0 Å². The third kappa shape index (κ3) is 2.21. The van der Waals surface area contributed by atoms with Gasteiger partial charge in [0, 0.05) is 24.5 Å². The van der Waals surface area contributed by atoms with E-state index < -0.39 is 11.3 Å². The van der Waals surface area contributed by atoms with Gasteiger partial charge in [0.15, 0.2) is 17.3 Å². The predicted molar refractivity (Wildman–Crippen MR) is 128 cm³/mol. The van der Waals surface area contributed by atoms with Crippen molar-refractivity contribution < 1.29 is 34.8 Å². The molecule has 0 radical (unpaired) electrons. The van der Waals surface area contributed by atoms with Crippen LogP contribution >= 0.6 is 0 Å². The van der Waals surface area contributed by atoms with Crippen LogP contribution in [0.1, 0.15) is 66.2 Å². The summed E-state index contributed by atoms with van der Waals surface area (Å²) in [6.45, 7) is 0. The largest absolute Gasteiger partial charge is 0.508 e. The summed E-state index contributed by atoms with van der Waals surface area (Å²) >= 11 is 0. The molecule has 36 heavy (non-hydrogen) atoms. The van der Waals surface area contributed by atoms with E-state index in [0.29, 0.717) is 33.4 Å². The highest BCUT2D eigenvalue weighted by atomic mass is 16.3. The topological polar surface area (TPSA) is 132 Å². The van der Waals surface area contributed by atoms with Crippen LogP contribution in [-0.4, -0.2) is 37.8 Å². The smallest absolute Gasteiger partial charge is 0.190 e. The van der Waals surface area contributed by atoms with Gasteiger partial charge in [0.1, 0.15) is 23.0 Å². The monoisotopic (exact) mass is 478 g/mol. The second kappa shape index (κ2) is 6.51. The molecule has 176 valence electrons. The first-order chi connectivity index (χ1) is 17.2. The number of hydrogen-bond donors (Lipinski definition) is 4. The molecule has 0 aromatic heterocycles. The number of ketones is 3. The predicted octanol–water partition coefficient (Wildman–Crippen LogP) is 4.26. The van der Waals surface area contributed by atoms with Crippen LogP contribution in [0.5, 0.6) is 23.0 Å². The van der Waals surface area contributed by atoms with Crippen molar-refractivity contribution >= 4 is 28.5 Å². The zero-order valence-electron chi connectivity index (χ0n) is 18.7. The van der Waals surface area contributed by atoms with Gasteiger partial charge < -0.3 is 20.4 Å². The number of Topliss-reactive ketones (excluding diaryl/α,β-unsaturated/α-hetero) is 2. The Morgan fingerprint density at radius 2 is 1.39 bits per heavy atom. The highest BCUT2D eigenvalue weighted by Gasteiger charge is 2.59. The SMILES string of the molecule is O=C1C[C@@H]2CC(=O)c3c(O)cccc3C23C(=C2C=CC(=O)c4c(O)ccc3c42)c2cc(O)cc(O)c21. The van der Waals surface area contributed by atoms with Gasteiger partial charge in [-0.25, -0.2) is 0 Å². The quantitative estimate of drug-likeness (QED) is 0.380. The van der Waals surface area contributed by atoms with E-state index in [0.717, 1.165) is 6.07 Å². The summed E-state index contributed by atoms with van der Waals surface area (Å²) in [4.78, 5) is 39.8. The van der Waals surface area contributed by atoms with Gasteiger partial charge in [-0.05, 0) is 58.0 Å². The summed E-state index contributed by atoms with van der Waals surface area (Å²) in [5.41, 5.74) is 2.14. The number of benzene rings is 3. The van der Waals surface area contributed by atoms with Gasteiger partial charge in [0.2, 0.25) is 0 Å². The van der Waals surface area contributed by atoms with E-state index in [2.05, 4.69) is 0 Å². The zero-order chi connectivity index (χ0) is 25.1. The van der Waals surface area contributed by atoms with Gasteiger partial charge in [-0.1, -0.05) is 24.3 Å². The Labute approximate surface area is 204 Å². The first-order valence-corrected chi connectivity index (χ1v) is 11.5. The third-order valence-electron chi connectivity index (χ3n) is 8.06. The molecule has 3 aromatic carbocycles. The molecule has 7 heteroatoms. The molecule has 1 unspecified atom stereocenters. The molecule has 0 amide bonds. The number of allylic oxidation sites excluding steroid dienone is 4. The van der Waals surface area contributed by atoms with E-state index in [1.54, 1.807) is 24.3 Å². The Balaban J connectivity index is 1.76. The van der Waals surface area contributed by atoms with Crippen molar-refractivity contribution in [3.63, 3.8) is 0 Å². The van der Waals surface area contributed by atoms with E-state index in [1.165, 1.54) is 24.3 Å². The highest BCUT2D eigenvalue weighted by Crippen LogP contribution is 2.66. The number of phenolic OH excluding ortho intramolecular Hbond substituents is 4. The van der Waals surface area contributed by atoms with Crippen LogP contribution in [0.3, 0.4) is 0 Å². The minimum atomic E-state index is -1.16. The number of hydrogen-bond acceptors (Lipinski definition) is 7. The van der Waals surface area contributed by atoms with Crippen molar-refractivity contribution in [2.45, 2.75) is 18.3 Å². The van der Waals surface area contributed by atoms with E-state index >= 15 is 0 Å². The van der Waals surface area contributed by atoms with Gasteiger partial charge in [-0.3, -0.25) is 14.4 Å². The average molecular weight is 478 g/mol. The molecule has 1 spiro atoms. The van der Waals surface area contributed by atoms with Crippen molar-refractivity contribution in [3.8, 4) is 23.0 Å². The fourth-order valence-corrected chi connectivity index (χ4v) is 6.91. The lowest BCUT2D eigenvalue weighted by atomic mass is 9.56. The number of carbonyl (C=O) groups excluding carboxylic acids is 3. The van der Waals surface area contributed by atoms with Gasteiger partial charge in [0.05, 0.1) is 22.1 Å². The second-order valence-electron chi connectivity index (χ2n) is 9.72. The van der Waals surface area contributed by atoms with Crippen molar-refractivity contribution in [1.29, 1.82) is 0 Å². The molecule has 0 fully saturated rings. The number of rotatable bonds is 0. The second-order valence-corrected chi connectivity index (χ2v) is 9.72. The van der Waals surface area contributed by atoms with Crippen molar-refractivity contribution in [1.82, 2.24) is 0 Å². The van der Waals surface area contributed by atoms with Gasteiger partial charge in [-0.2, -0.15) is 0 Å². The van der Waals surface area contributed by atoms with Crippen LogP contribution in [0.15, 0.2) is 54.6 Å². The Kier molecular flexibility index (Phi) is 3.75. The molecule has 3 aromatic rings. The van der Waals surface area contributed by atoms with Crippen LogP contribution < -0.4 is 0 Å². The first kappa shape index (κ1) is 20.7. The summed E-state index contributed by atoms with van der Waals surface area (Å²) in [6, 6.07) is 10.4. The number of phenols is 4. The molecule has 0 saturated heterocycles. The summed E-state index contributed by atoms with van der Waals surface area (Å²) in [5, 5.41) is 42.7. The third-order valence-corrected chi connectivity index (χ3v) is 8.06. The Morgan fingerprint density at radius 1 is 0.694 bits per heavy atom. The minimum Gasteiger partial charge on any atom is -0.508 e. The maximum Gasteiger partial charge on any atom is 0.190 e. The van der Waals surface area contributed by atoms with Gasteiger partial charge in [-0.15, -0.1) is 0 Å². The molecule has 2 atom stereocenters. The Hall–Kier alpha value is -4.65. The van der Waals surface area contributed by atoms with E-state index in [-0.39, 0.29) is 69.9 Å². The molecule has 0 bridgehead atoms. The normalized spacial score (nSPS) is 23.0. The first-order valence-electron chi connectivity index (χ1n) is 11.5. The maximum atomic E-state index is 13.6. The Bertz CT molecular complexity index is 1690. The van der Waals surface area contributed by atoms with Crippen LogP contribution in [-0.2, 0) is 5.41 Å². The average Bonchev–Trinajstić information content (AvgIpc) is 3.05. The van der Waals surface area contributed by atoms with Gasteiger partial charge in [0.25, 0.3) is 0 Å². The summed E-state index contributed by atoms with van der Waals surface area (Å²) in [6.07, 6.45) is 2.82. The van der Waals surface area contributed by atoms with E-state index in [4.69, 9.17) is 0 Å². The standard InChI is InChI=1S/C29H18O7/c30-13-10-15-25(23(36)11-13)21(34)8-12-9-22(35)26-16(2-1-3-18(26)31)29(12)17-5-7-20(33)27-19(32)6-4-14(24(17)27)28(15)29/h1-7,10-12,30-31,33,36H,8-9H2/t12-,29?/m1/s1. The molecular weight excluding hydrogens is 460 g/mol. The Morgan fingerprint density at radius 3 is 2.17 bits per heavy atom. The lowest BCUT2D eigenvalue weighted by Gasteiger charge is -2.44. The molecule has 4 aliphatic carbocycles. The van der Waals surface area contributed by atoms with Crippen molar-refractivity contribution in [2.75, 3.05) is 0 Å². The fraction of sp³-hybridized carbons (Fsp3) is 0.138. The van der Waals surface area contributed by atoms with E-state index in [9.17, 15) is 34.8 Å². The molecule has 4 aliphatic rings. The lowest BCUT2D eigenvalue weighted by Crippen LogP contribution is -2.42. The molecule has 4 N–H and O–H groups in total. The van der Waals surface area contributed by atoms with Crippen LogP contribution in [0, 0.1) is 5.92 Å².